The summed E-state index contributed by atoms with van der Waals surface area (Å²) in [4.78, 5) is 2.67. The van der Waals surface area contributed by atoms with Crippen LogP contribution >= 0.6 is 12.4 Å². The Kier molecular flexibility index (Phi) is 2.84. The first kappa shape index (κ1) is 11.0. The molecular weight excluding hydrogens is 226 g/mol. The van der Waals surface area contributed by atoms with E-state index >= 15 is 0 Å². The zero-order chi connectivity index (χ0) is 9.47. The maximum Gasteiger partial charge on any atom is 0.296 e. The summed E-state index contributed by atoms with van der Waals surface area (Å²) in [5.74, 6) is 0. The van der Waals surface area contributed by atoms with Gasteiger partial charge < -0.3 is 4.98 Å². The first-order chi connectivity index (χ1) is 6.09. The molecule has 0 bridgehead atoms. The highest BCUT2D eigenvalue weighted by Gasteiger charge is 2.13. The monoisotopic (exact) mass is 233 g/mol. The molecule has 6 heteroatoms. The van der Waals surface area contributed by atoms with Gasteiger partial charge in [-0.15, -0.1) is 12.4 Å². The number of para-hydroxylation sites is 1. The van der Waals surface area contributed by atoms with Crippen LogP contribution in [0.15, 0.2) is 35.4 Å². The first-order valence-corrected chi connectivity index (χ1v) is 5.06. The SMILES string of the molecule is Cl.O=S(=O)(O)c1cccc2cc[nH]c12. The van der Waals surface area contributed by atoms with E-state index in [1.807, 2.05) is 0 Å². The molecule has 2 rings (SSSR count). The molecule has 0 aliphatic carbocycles. The van der Waals surface area contributed by atoms with Gasteiger partial charge in [0, 0.05) is 11.6 Å². The molecule has 1 aromatic heterocycles. The molecule has 1 aromatic carbocycles. The van der Waals surface area contributed by atoms with Crippen molar-refractivity contribution in [2.24, 2.45) is 0 Å². The highest BCUT2D eigenvalue weighted by atomic mass is 35.5. The number of aromatic amines is 1. The van der Waals surface area contributed by atoms with Gasteiger partial charge in [-0.05, 0) is 12.1 Å². The predicted molar refractivity (Wildman–Crippen MR) is 55.4 cm³/mol. The Bertz CT molecular complexity index is 546. The van der Waals surface area contributed by atoms with Crippen LogP contribution in [0.1, 0.15) is 0 Å². The standard InChI is InChI=1S/C8H7NO3S.ClH/c10-13(11,12)7-3-1-2-6-4-5-9-8(6)7;/h1-5,9H,(H,10,11,12);1H. The smallest absolute Gasteiger partial charge is 0.296 e. The van der Waals surface area contributed by atoms with Crippen LogP contribution in [0.25, 0.3) is 10.9 Å². The Morgan fingerprint density at radius 3 is 2.57 bits per heavy atom. The highest BCUT2D eigenvalue weighted by molar-refractivity contribution is 7.86. The fourth-order valence-electron chi connectivity index (χ4n) is 1.27. The molecule has 0 aliphatic heterocycles. The van der Waals surface area contributed by atoms with Gasteiger partial charge in [0.05, 0.1) is 5.52 Å². The van der Waals surface area contributed by atoms with E-state index in [0.29, 0.717) is 5.52 Å². The van der Waals surface area contributed by atoms with E-state index < -0.39 is 10.1 Å². The number of hydrogen-bond donors (Lipinski definition) is 2. The molecule has 0 spiro atoms. The average Bonchev–Trinajstić information content (AvgIpc) is 2.48. The third-order valence-corrected chi connectivity index (χ3v) is 2.72. The van der Waals surface area contributed by atoms with Crippen molar-refractivity contribution in [1.82, 2.24) is 4.98 Å². The highest BCUT2D eigenvalue weighted by Crippen LogP contribution is 2.20. The normalized spacial score (nSPS) is 11.2. The van der Waals surface area contributed by atoms with Crippen LogP contribution in [0.4, 0.5) is 0 Å². The summed E-state index contributed by atoms with van der Waals surface area (Å²) >= 11 is 0. The zero-order valence-corrected chi connectivity index (χ0v) is 8.60. The van der Waals surface area contributed by atoms with Crippen molar-refractivity contribution in [3.05, 3.63) is 30.5 Å². The van der Waals surface area contributed by atoms with Gasteiger partial charge >= 0.3 is 0 Å². The molecule has 2 N–H and O–H groups in total. The van der Waals surface area contributed by atoms with Crippen molar-refractivity contribution in [2.45, 2.75) is 4.90 Å². The summed E-state index contributed by atoms with van der Waals surface area (Å²) in [5, 5.41) is 0.759. The molecule has 0 saturated heterocycles. The Balaban J connectivity index is 0.000000980. The summed E-state index contributed by atoms with van der Waals surface area (Å²) in [6, 6.07) is 6.44. The van der Waals surface area contributed by atoms with Gasteiger partial charge in [-0.2, -0.15) is 8.42 Å². The summed E-state index contributed by atoms with van der Waals surface area (Å²) in [5.41, 5.74) is 0.435. The number of aromatic nitrogens is 1. The van der Waals surface area contributed by atoms with Gasteiger partial charge in [0.1, 0.15) is 4.90 Å². The molecular formula is C8H8ClNO3S. The second-order valence-corrected chi connectivity index (χ2v) is 4.06. The van der Waals surface area contributed by atoms with Crippen molar-refractivity contribution in [2.75, 3.05) is 0 Å². The fraction of sp³-hybridized carbons (Fsp3) is 0. The quantitative estimate of drug-likeness (QED) is 0.739. The van der Waals surface area contributed by atoms with E-state index in [0.717, 1.165) is 5.39 Å². The number of hydrogen-bond acceptors (Lipinski definition) is 2. The Labute approximate surface area is 87.1 Å². The molecule has 0 radical (unpaired) electrons. The van der Waals surface area contributed by atoms with E-state index in [-0.39, 0.29) is 17.3 Å². The summed E-state index contributed by atoms with van der Waals surface area (Å²) < 4.78 is 30.6. The molecule has 2 aromatic rings. The Morgan fingerprint density at radius 1 is 1.21 bits per heavy atom. The summed E-state index contributed by atoms with van der Waals surface area (Å²) in [6.07, 6.45) is 1.62. The maximum atomic E-state index is 10.9. The number of benzene rings is 1. The van der Waals surface area contributed by atoms with Crippen LogP contribution in [0.3, 0.4) is 0 Å². The van der Waals surface area contributed by atoms with Crippen molar-refractivity contribution in [1.29, 1.82) is 0 Å². The fourth-order valence-corrected chi connectivity index (χ4v) is 1.96. The van der Waals surface area contributed by atoms with Crippen LogP contribution in [0, 0.1) is 0 Å². The van der Waals surface area contributed by atoms with Crippen LogP contribution in [-0.4, -0.2) is 18.0 Å². The van der Waals surface area contributed by atoms with E-state index in [1.165, 1.54) is 6.07 Å². The molecule has 0 atom stereocenters. The minimum absolute atomic E-state index is 0. The lowest BCUT2D eigenvalue weighted by Crippen LogP contribution is -1.98. The zero-order valence-electron chi connectivity index (χ0n) is 6.97. The third-order valence-electron chi connectivity index (χ3n) is 1.83. The van der Waals surface area contributed by atoms with E-state index in [9.17, 15) is 8.42 Å². The molecule has 14 heavy (non-hydrogen) atoms. The summed E-state index contributed by atoms with van der Waals surface area (Å²) in [7, 11) is -4.13. The number of nitrogens with one attached hydrogen (secondary N) is 1. The van der Waals surface area contributed by atoms with Crippen LogP contribution in [0.2, 0.25) is 0 Å². The predicted octanol–water partition coefficient (Wildman–Crippen LogP) is 1.84. The molecule has 0 amide bonds. The van der Waals surface area contributed by atoms with Crippen LogP contribution in [0.5, 0.6) is 0 Å². The van der Waals surface area contributed by atoms with Gasteiger partial charge in [0.25, 0.3) is 10.1 Å². The molecule has 0 saturated carbocycles. The molecule has 0 unspecified atom stereocenters. The maximum absolute atomic E-state index is 10.9. The molecule has 1 heterocycles. The van der Waals surface area contributed by atoms with E-state index in [1.54, 1.807) is 24.4 Å². The number of rotatable bonds is 1. The van der Waals surface area contributed by atoms with Crippen molar-refractivity contribution in [3.63, 3.8) is 0 Å². The minimum Gasteiger partial charge on any atom is -0.360 e. The lowest BCUT2D eigenvalue weighted by Gasteiger charge is -1.97. The van der Waals surface area contributed by atoms with Crippen LogP contribution in [-0.2, 0) is 10.1 Å². The number of halogens is 1. The number of fused-ring (bicyclic) bond motifs is 1. The molecule has 4 nitrogen and oxygen atoms in total. The lowest BCUT2D eigenvalue weighted by atomic mass is 10.2. The largest absolute Gasteiger partial charge is 0.360 e. The first-order valence-electron chi connectivity index (χ1n) is 3.62. The van der Waals surface area contributed by atoms with Gasteiger partial charge in [-0.3, -0.25) is 4.55 Å². The van der Waals surface area contributed by atoms with E-state index in [4.69, 9.17) is 4.55 Å². The lowest BCUT2D eigenvalue weighted by molar-refractivity contribution is 0.484. The Morgan fingerprint density at radius 2 is 1.93 bits per heavy atom. The van der Waals surface area contributed by atoms with Crippen LogP contribution < -0.4 is 0 Å². The Hall–Kier alpha value is -1.04. The molecule has 0 aliphatic rings. The minimum atomic E-state index is -4.13. The van der Waals surface area contributed by atoms with E-state index in [2.05, 4.69) is 4.98 Å². The molecule has 76 valence electrons. The number of H-pyrrole nitrogens is 1. The molecule has 0 fully saturated rings. The second-order valence-electron chi connectivity index (χ2n) is 2.67. The topological polar surface area (TPSA) is 70.2 Å². The summed E-state index contributed by atoms with van der Waals surface area (Å²) in [6.45, 7) is 0. The van der Waals surface area contributed by atoms with Gasteiger partial charge in [-0.1, -0.05) is 12.1 Å². The van der Waals surface area contributed by atoms with Gasteiger partial charge in [0.2, 0.25) is 0 Å². The van der Waals surface area contributed by atoms with Crippen molar-refractivity contribution in [3.8, 4) is 0 Å². The average molecular weight is 234 g/mol. The van der Waals surface area contributed by atoms with Crippen molar-refractivity contribution < 1.29 is 13.0 Å². The van der Waals surface area contributed by atoms with Gasteiger partial charge in [0.15, 0.2) is 0 Å². The van der Waals surface area contributed by atoms with Crippen molar-refractivity contribution >= 4 is 33.4 Å². The second kappa shape index (κ2) is 3.61. The van der Waals surface area contributed by atoms with Gasteiger partial charge in [-0.25, -0.2) is 0 Å². The third kappa shape index (κ3) is 1.75.